The van der Waals surface area contributed by atoms with Crippen molar-refractivity contribution in [3.05, 3.63) is 42.6 Å². The second-order valence-electron chi connectivity index (χ2n) is 6.24. The lowest BCUT2D eigenvalue weighted by Crippen LogP contribution is -2.40. The number of nitrogens with one attached hydrogen (secondary N) is 1. The van der Waals surface area contributed by atoms with Gasteiger partial charge in [-0.3, -0.25) is 4.98 Å². The molecule has 2 aromatic heterocycles. The number of hydrogen-bond donors (Lipinski definition) is 1. The summed E-state index contributed by atoms with van der Waals surface area (Å²) in [5.41, 5.74) is 2.61. The molecule has 2 amide bonds. The molecule has 0 atom stereocenters. The molecule has 7 heteroatoms. The van der Waals surface area contributed by atoms with E-state index in [4.69, 9.17) is 9.68 Å². The Balaban J connectivity index is 1.49. The van der Waals surface area contributed by atoms with Gasteiger partial charge in [-0.05, 0) is 37.1 Å². The van der Waals surface area contributed by atoms with Crippen LogP contribution in [0.25, 0.3) is 22.7 Å². The Kier molecular flexibility index (Phi) is 4.23. The molecule has 3 aromatic rings. The Morgan fingerprint density at radius 3 is 2.85 bits per heavy atom. The van der Waals surface area contributed by atoms with Gasteiger partial charge >= 0.3 is 6.03 Å². The number of carbonyl (C=O) groups is 1. The zero-order valence-corrected chi connectivity index (χ0v) is 14.1. The molecule has 4 rings (SSSR count). The number of piperidine rings is 1. The van der Waals surface area contributed by atoms with E-state index in [2.05, 4.69) is 21.4 Å². The van der Waals surface area contributed by atoms with E-state index in [1.165, 1.54) is 0 Å². The number of carbonyl (C=O) groups excluding carboxylic acids is 1. The number of fused-ring (bicyclic) bond motifs is 1. The number of likely N-dealkylation sites (tertiary alicyclic amines) is 1. The molecule has 1 N–H and O–H groups in total. The second-order valence-corrected chi connectivity index (χ2v) is 6.24. The molecule has 1 fully saturated rings. The number of pyridine rings is 1. The third-order valence-corrected chi connectivity index (χ3v) is 4.49. The zero-order valence-electron chi connectivity index (χ0n) is 14.1. The number of anilines is 1. The Bertz CT molecular complexity index is 969. The topological polar surface area (TPSA) is 95.1 Å². The van der Waals surface area contributed by atoms with Crippen LogP contribution in [0.5, 0.6) is 0 Å². The van der Waals surface area contributed by atoms with E-state index in [0.29, 0.717) is 41.5 Å². The molecule has 0 unspecified atom stereocenters. The van der Waals surface area contributed by atoms with Crippen LogP contribution in [0.2, 0.25) is 0 Å². The van der Waals surface area contributed by atoms with Gasteiger partial charge in [0.2, 0.25) is 5.89 Å². The fourth-order valence-corrected chi connectivity index (χ4v) is 3.02. The van der Waals surface area contributed by atoms with Crippen molar-refractivity contribution < 1.29 is 9.21 Å². The monoisotopic (exact) mass is 347 g/mol. The molecule has 0 aliphatic carbocycles. The van der Waals surface area contributed by atoms with Gasteiger partial charge in [0, 0.05) is 37.0 Å². The first kappa shape index (κ1) is 16.1. The van der Waals surface area contributed by atoms with Gasteiger partial charge in [-0.2, -0.15) is 5.26 Å². The Hall–Kier alpha value is -3.40. The molecule has 3 heterocycles. The summed E-state index contributed by atoms with van der Waals surface area (Å²) in [6.45, 7) is 1.19. The maximum absolute atomic E-state index is 12.4. The van der Waals surface area contributed by atoms with Crippen LogP contribution in [0.3, 0.4) is 0 Å². The standard InChI is InChI=1S/C19H17N5O2/c20-12-13-6-9-24(10-7-13)19(25)22-14-4-5-15-17(11-14)26-18(23-15)16-3-1-2-8-21-16/h1-5,8,11,13H,6-7,9-10H2,(H,22,25). The fourth-order valence-electron chi connectivity index (χ4n) is 3.02. The van der Waals surface area contributed by atoms with Gasteiger partial charge in [-0.15, -0.1) is 0 Å². The number of benzene rings is 1. The van der Waals surface area contributed by atoms with Crippen LogP contribution in [0.1, 0.15) is 12.8 Å². The van der Waals surface area contributed by atoms with Crippen LogP contribution in [0, 0.1) is 17.2 Å². The smallest absolute Gasteiger partial charge is 0.321 e. The van der Waals surface area contributed by atoms with E-state index in [1.54, 1.807) is 23.2 Å². The summed E-state index contributed by atoms with van der Waals surface area (Å²) in [4.78, 5) is 22.8. The van der Waals surface area contributed by atoms with Gasteiger partial charge in [-0.1, -0.05) is 6.07 Å². The summed E-state index contributed by atoms with van der Waals surface area (Å²) < 4.78 is 5.78. The Labute approximate surface area is 150 Å². The minimum absolute atomic E-state index is 0.0506. The lowest BCUT2D eigenvalue weighted by atomic mass is 9.99. The molecule has 130 valence electrons. The number of urea groups is 1. The van der Waals surface area contributed by atoms with Crippen LogP contribution in [0.4, 0.5) is 10.5 Å². The molecular formula is C19H17N5O2. The molecule has 7 nitrogen and oxygen atoms in total. The van der Waals surface area contributed by atoms with E-state index >= 15 is 0 Å². The number of hydrogen-bond acceptors (Lipinski definition) is 5. The summed E-state index contributed by atoms with van der Waals surface area (Å²) in [6, 6.07) is 13.0. The maximum atomic E-state index is 12.4. The Morgan fingerprint density at radius 2 is 2.12 bits per heavy atom. The summed E-state index contributed by atoms with van der Waals surface area (Å²) in [5.74, 6) is 0.497. The first-order valence-corrected chi connectivity index (χ1v) is 8.50. The predicted molar refractivity (Wildman–Crippen MR) is 96.2 cm³/mol. The fraction of sp³-hybridized carbons (Fsp3) is 0.263. The summed E-state index contributed by atoms with van der Waals surface area (Å²) in [5, 5.41) is 11.8. The van der Waals surface area contributed by atoms with Crippen molar-refractivity contribution in [1.29, 1.82) is 5.26 Å². The van der Waals surface area contributed by atoms with Gasteiger partial charge in [0.1, 0.15) is 11.2 Å². The Morgan fingerprint density at radius 1 is 1.27 bits per heavy atom. The lowest BCUT2D eigenvalue weighted by Gasteiger charge is -2.29. The van der Waals surface area contributed by atoms with Crippen LogP contribution >= 0.6 is 0 Å². The predicted octanol–water partition coefficient (Wildman–Crippen LogP) is 3.66. The van der Waals surface area contributed by atoms with Gasteiger partial charge in [-0.25, -0.2) is 9.78 Å². The van der Waals surface area contributed by atoms with Gasteiger partial charge in [0.25, 0.3) is 0 Å². The number of rotatable bonds is 2. The quantitative estimate of drug-likeness (QED) is 0.763. The summed E-state index contributed by atoms with van der Waals surface area (Å²) >= 11 is 0. The van der Waals surface area contributed by atoms with E-state index in [0.717, 1.165) is 12.8 Å². The third kappa shape index (κ3) is 3.22. The van der Waals surface area contributed by atoms with Crippen molar-refractivity contribution in [2.75, 3.05) is 18.4 Å². The number of nitrogens with zero attached hydrogens (tertiary/aromatic N) is 4. The second kappa shape index (κ2) is 6.84. The number of nitriles is 1. The lowest BCUT2D eigenvalue weighted by molar-refractivity contribution is 0.192. The molecule has 1 aliphatic rings. The molecule has 1 aliphatic heterocycles. The van der Waals surface area contributed by atoms with Crippen LogP contribution < -0.4 is 5.32 Å². The number of amides is 2. The molecule has 0 spiro atoms. The molecule has 0 bridgehead atoms. The highest BCUT2D eigenvalue weighted by Gasteiger charge is 2.22. The molecule has 0 radical (unpaired) electrons. The van der Waals surface area contributed by atoms with E-state index < -0.39 is 0 Å². The first-order chi connectivity index (χ1) is 12.7. The maximum Gasteiger partial charge on any atom is 0.321 e. The molecule has 0 saturated carbocycles. The highest BCUT2D eigenvalue weighted by molar-refractivity contribution is 5.92. The third-order valence-electron chi connectivity index (χ3n) is 4.49. The largest absolute Gasteiger partial charge is 0.435 e. The highest BCUT2D eigenvalue weighted by Crippen LogP contribution is 2.25. The number of oxazole rings is 1. The van der Waals surface area contributed by atoms with Crippen molar-refractivity contribution in [2.45, 2.75) is 12.8 Å². The minimum atomic E-state index is -0.162. The van der Waals surface area contributed by atoms with E-state index in [9.17, 15) is 4.79 Å². The number of aromatic nitrogens is 2. The van der Waals surface area contributed by atoms with Gasteiger partial charge < -0.3 is 14.6 Å². The summed E-state index contributed by atoms with van der Waals surface area (Å²) in [7, 11) is 0. The highest BCUT2D eigenvalue weighted by atomic mass is 16.3. The van der Waals surface area contributed by atoms with Crippen molar-refractivity contribution in [1.82, 2.24) is 14.9 Å². The van der Waals surface area contributed by atoms with E-state index in [1.807, 2.05) is 24.3 Å². The van der Waals surface area contributed by atoms with Crippen LogP contribution in [-0.2, 0) is 0 Å². The first-order valence-electron chi connectivity index (χ1n) is 8.50. The van der Waals surface area contributed by atoms with Crippen molar-refractivity contribution >= 4 is 22.8 Å². The zero-order chi connectivity index (χ0) is 17.9. The van der Waals surface area contributed by atoms with Crippen LogP contribution in [0.15, 0.2) is 47.0 Å². The average molecular weight is 347 g/mol. The average Bonchev–Trinajstić information content (AvgIpc) is 3.12. The normalized spacial score (nSPS) is 15.0. The van der Waals surface area contributed by atoms with Gasteiger partial charge in [0.15, 0.2) is 5.58 Å². The van der Waals surface area contributed by atoms with Crippen molar-refractivity contribution in [3.8, 4) is 17.7 Å². The minimum Gasteiger partial charge on any atom is -0.435 e. The van der Waals surface area contributed by atoms with Crippen molar-refractivity contribution in [2.24, 2.45) is 5.92 Å². The molecule has 26 heavy (non-hydrogen) atoms. The summed E-state index contributed by atoms with van der Waals surface area (Å²) in [6.07, 6.45) is 3.13. The van der Waals surface area contributed by atoms with E-state index in [-0.39, 0.29) is 11.9 Å². The van der Waals surface area contributed by atoms with Crippen molar-refractivity contribution in [3.63, 3.8) is 0 Å². The molecule has 1 saturated heterocycles. The molecular weight excluding hydrogens is 330 g/mol. The van der Waals surface area contributed by atoms with Gasteiger partial charge in [0.05, 0.1) is 6.07 Å². The molecule has 1 aromatic carbocycles. The van der Waals surface area contributed by atoms with Crippen LogP contribution in [-0.4, -0.2) is 34.0 Å². The SMILES string of the molecule is N#CC1CCN(C(=O)Nc2ccc3nc(-c4ccccn4)oc3c2)CC1.